The summed E-state index contributed by atoms with van der Waals surface area (Å²) in [5, 5.41) is 8.81. The van der Waals surface area contributed by atoms with Crippen LogP contribution in [-0.2, 0) is 0 Å². The van der Waals surface area contributed by atoms with Crippen LogP contribution in [0.1, 0.15) is 0 Å². The second-order valence-corrected chi connectivity index (χ2v) is 0.440. The summed E-state index contributed by atoms with van der Waals surface area (Å²) in [6, 6.07) is 0. The van der Waals surface area contributed by atoms with E-state index < -0.39 is 4.92 Å². The van der Waals surface area contributed by atoms with Crippen molar-refractivity contribution in [2.75, 3.05) is 7.05 Å². The molecule has 5 heavy (non-hydrogen) atoms. The van der Waals surface area contributed by atoms with Crippen LogP contribution in [0.15, 0.2) is 0 Å². The van der Waals surface area contributed by atoms with Gasteiger partial charge in [0.15, 0.2) is 7.05 Å². The van der Waals surface area contributed by atoms with E-state index in [1.807, 2.05) is 0 Å². The number of hydrogen-bond acceptors (Lipinski definition) is 2. The monoisotopic (exact) mass is 79.0 g/mol. The maximum Gasteiger partial charge on any atom is 0.194 e. The highest BCUT2D eigenvalue weighted by atomic mass is 16.6. The second-order valence-electron chi connectivity index (χ2n) is 0.440. The summed E-state index contributed by atoms with van der Waals surface area (Å²) in [6.07, 6.45) is 0. The summed E-state index contributed by atoms with van der Waals surface area (Å²) >= 11 is 0. The molecule has 2 N–H and O–H groups in total. The Morgan fingerprint density at radius 3 is 1.80 bits per heavy atom. The molecular weight excluding hydrogens is 74.0 g/mol. The first-order chi connectivity index (χ1) is 1.73. The highest BCUT2D eigenvalue weighted by Crippen LogP contribution is 1.39. The van der Waals surface area contributed by atoms with E-state index in [0.29, 0.717) is 0 Å². The molecule has 0 bridgehead atoms. The van der Waals surface area contributed by atoms with Crippen molar-refractivity contribution in [3.05, 3.63) is 10.1 Å². The first-order valence-corrected chi connectivity index (χ1v) is 0.812. The normalized spacial score (nSPS) is 5.00. The van der Waals surface area contributed by atoms with Gasteiger partial charge in [0.2, 0.25) is 0 Å². The zero-order chi connectivity index (χ0) is 3.58. The summed E-state index contributed by atoms with van der Waals surface area (Å²) in [7, 11) is 0.889. The maximum atomic E-state index is 8.81. The van der Waals surface area contributed by atoms with Gasteiger partial charge in [0.25, 0.3) is 0 Å². The number of nitrogens with zero attached hydrogens (tertiary/aromatic N) is 1. The summed E-state index contributed by atoms with van der Waals surface area (Å²) < 4.78 is 0. The van der Waals surface area contributed by atoms with Crippen LogP contribution in [-0.4, -0.2) is 17.4 Å². The number of rotatable bonds is 0. The molecule has 0 spiro atoms. The minimum atomic E-state index is -0.500. The van der Waals surface area contributed by atoms with Gasteiger partial charge in [-0.3, -0.25) is 10.1 Å². The maximum absolute atomic E-state index is 8.81. The second kappa shape index (κ2) is 3.36. The molecule has 0 unspecified atom stereocenters. The Bertz CT molecular complexity index is 29.9. The molecule has 0 heterocycles. The molecule has 0 aromatic heterocycles. The Morgan fingerprint density at radius 2 is 1.80 bits per heavy atom. The van der Waals surface area contributed by atoms with Crippen LogP contribution in [0.5, 0.6) is 0 Å². The molecule has 0 atom stereocenters. The molecule has 0 radical (unpaired) electrons. The van der Waals surface area contributed by atoms with Gasteiger partial charge in [-0.05, 0) is 0 Å². The molecule has 0 aliphatic rings. The van der Waals surface area contributed by atoms with Gasteiger partial charge >= 0.3 is 0 Å². The summed E-state index contributed by atoms with van der Waals surface area (Å²) in [5.41, 5.74) is 0. The fourth-order valence-electron chi connectivity index (χ4n) is 0. The highest BCUT2D eigenvalue weighted by molar-refractivity contribution is 3.91. The molecule has 0 aliphatic carbocycles. The van der Waals surface area contributed by atoms with E-state index in [-0.39, 0.29) is 5.48 Å². The van der Waals surface area contributed by atoms with Gasteiger partial charge < -0.3 is 5.48 Å². The largest absolute Gasteiger partial charge is 0.412 e. The number of hydrogen-bond donors (Lipinski definition) is 0. The van der Waals surface area contributed by atoms with E-state index in [0.717, 1.165) is 7.05 Å². The van der Waals surface area contributed by atoms with Crippen LogP contribution in [0, 0.1) is 10.1 Å². The van der Waals surface area contributed by atoms with Gasteiger partial charge in [0.05, 0.1) is 0 Å². The quantitative estimate of drug-likeness (QED) is 0.278. The lowest BCUT2D eigenvalue weighted by molar-refractivity contribution is -0.445. The van der Waals surface area contributed by atoms with Gasteiger partial charge in [-0.2, -0.15) is 0 Å². The van der Waals surface area contributed by atoms with E-state index >= 15 is 0 Å². The van der Waals surface area contributed by atoms with E-state index in [1.54, 1.807) is 0 Å². The lowest BCUT2D eigenvalue weighted by atomic mass is 11.5. The molecule has 0 saturated carbocycles. The third-order valence-electron chi connectivity index (χ3n) is 0. The zero-order valence-corrected chi connectivity index (χ0v) is 2.76. The van der Waals surface area contributed by atoms with Crippen molar-refractivity contribution < 1.29 is 10.4 Å². The van der Waals surface area contributed by atoms with Crippen molar-refractivity contribution in [2.24, 2.45) is 0 Å². The lowest BCUT2D eigenvalue weighted by Crippen LogP contribution is -1.79. The minimum Gasteiger partial charge on any atom is -0.412 e. The SMILES string of the molecule is C[N+](=O)[O-].O. The van der Waals surface area contributed by atoms with Crippen LogP contribution in [0.4, 0.5) is 0 Å². The summed E-state index contributed by atoms with van der Waals surface area (Å²) in [4.78, 5) is 8.31. The standard InChI is InChI=1S/CH3NO2.H2O/c1-2(3)4;/h1H3;1H2. The van der Waals surface area contributed by atoms with Gasteiger partial charge in [-0.15, -0.1) is 0 Å². The third-order valence-corrected chi connectivity index (χ3v) is 0. The fourth-order valence-corrected chi connectivity index (χ4v) is 0. The van der Waals surface area contributed by atoms with Crippen LogP contribution < -0.4 is 0 Å². The van der Waals surface area contributed by atoms with Gasteiger partial charge in [-0.1, -0.05) is 0 Å². The molecule has 0 fully saturated rings. The topological polar surface area (TPSA) is 74.6 Å². The van der Waals surface area contributed by atoms with Crippen molar-refractivity contribution in [2.45, 2.75) is 0 Å². The molecule has 0 rings (SSSR count). The first kappa shape index (κ1) is 8.84. The molecule has 0 aromatic carbocycles. The molecule has 0 saturated heterocycles. The molecular formula is CH5NO3. The van der Waals surface area contributed by atoms with Crippen molar-refractivity contribution in [3.8, 4) is 0 Å². The van der Waals surface area contributed by atoms with Crippen LogP contribution in [0.2, 0.25) is 0 Å². The Hall–Kier alpha value is -0.640. The van der Waals surface area contributed by atoms with E-state index in [4.69, 9.17) is 10.1 Å². The average Bonchev–Trinajstić information content (AvgIpc) is 0.811. The lowest BCUT2D eigenvalue weighted by Gasteiger charge is -1.63. The van der Waals surface area contributed by atoms with Gasteiger partial charge in [0, 0.05) is 4.92 Å². The Labute approximate surface area is 28.9 Å². The Morgan fingerprint density at radius 1 is 1.80 bits per heavy atom. The predicted octanol–water partition coefficient (Wildman–Crippen LogP) is -0.932. The smallest absolute Gasteiger partial charge is 0.194 e. The number of nitro groups is 1. The van der Waals surface area contributed by atoms with E-state index in [1.165, 1.54) is 0 Å². The summed E-state index contributed by atoms with van der Waals surface area (Å²) in [6.45, 7) is 0. The van der Waals surface area contributed by atoms with Crippen molar-refractivity contribution >= 4 is 0 Å². The predicted molar refractivity (Wildman–Crippen MR) is 16.5 cm³/mol. The van der Waals surface area contributed by atoms with Crippen LogP contribution in [0.25, 0.3) is 0 Å². The molecule has 0 aliphatic heterocycles. The average molecular weight is 79.1 g/mol. The first-order valence-electron chi connectivity index (χ1n) is 0.812. The molecule has 32 valence electrons. The highest BCUT2D eigenvalue weighted by Gasteiger charge is 1.57. The molecule has 0 amide bonds. The van der Waals surface area contributed by atoms with Crippen molar-refractivity contribution in [1.29, 1.82) is 0 Å². The Balaban J connectivity index is 0. The molecule has 0 aromatic rings. The zero-order valence-electron chi connectivity index (χ0n) is 2.76. The van der Waals surface area contributed by atoms with E-state index in [2.05, 4.69) is 0 Å². The van der Waals surface area contributed by atoms with Gasteiger partial charge in [-0.25, -0.2) is 0 Å². The Kier molecular flexibility index (Phi) is 5.94. The summed E-state index contributed by atoms with van der Waals surface area (Å²) in [5.74, 6) is 0. The fraction of sp³-hybridized carbons (Fsp3) is 1.00. The molecule has 4 nitrogen and oxygen atoms in total. The molecule has 4 heteroatoms. The van der Waals surface area contributed by atoms with Gasteiger partial charge in [0.1, 0.15) is 0 Å². The third kappa shape index (κ3) is 15.2. The van der Waals surface area contributed by atoms with Crippen molar-refractivity contribution in [1.82, 2.24) is 0 Å². The van der Waals surface area contributed by atoms with E-state index in [9.17, 15) is 0 Å². The van der Waals surface area contributed by atoms with Crippen LogP contribution >= 0.6 is 0 Å². The minimum absolute atomic E-state index is 0. The van der Waals surface area contributed by atoms with Crippen molar-refractivity contribution in [3.63, 3.8) is 0 Å². The van der Waals surface area contributed by atoms with Crippen LogP contribution in [0.3, 0.4) is 0 Å².